The van der Waals surface area contributed by atoms with Crippen molar-refractivity contribution in [3.05, 3.63) is 66.4 Å². The van der Waals surface area contributed by atoms with Crippen LogP contribution < -0.4 is 10.0 Å². The number of carbonyl (C=O) groups is 1. The highest BCUT2D eigenvalue weighted by atomic mass is 32.2. The van der Waals surface area contributed by atoms with Gasteiger partial charge in [0.25, 0.3) is 5.91 Å². The van der Waals surface area contributed by atoms with Crippen molar-refractivity contribution in [2.75, 3.05) is 6.54 Å². The number of hydrogen-bond acceptors (Lipinski definition) is 6. The highest BCUT2D eigenvalue weighted by Crippen LogP contribution is 2.15. The summed E-state index contributed by atoms with van der Waals surface area (Å²) in [5.74, 6) is -0.563. The molecule has 0 spiro atoms. The van der Waals surface area contributed by atoms with Gasteiger partial charge in [-0.3, -0.25) is 4.79 Å². The normalized spacial score (nSPS) is 12.0. The maximum Gasteiger partial charge on any atom is 0.405 e. The molecule has 158 valence electrons. The Morgan fingerprint density at radius 2 is 1.87 bits per heavy atom. The topological polar surface area (TPSA) is 119 Å². The van der Waals surface area contributed by atoms with E-state index in [0.717, 1.165) is 24.3 Å². The van der Waals surface area contributed by atoms with Crippen LogP contribution in [0.4, 0.5) is 13.2 Å². The Labute approximate surface area is 169 Å². The number of rotatable bonds is 7. The van der Waals surface area contributed by atoms with Gasteiger partial charge in [-0.25, -0.2) is 27.8 Å². The molecule has 3 rings (SSSR count). The molecule has 0 aliphatic carbocycles. The highest BCUT2D eigenvalue weighted by molar-refractivity contribution is 7.89. The minimum Gasteiger partial charge on any atom is -0.343 e. The van der Waals surface area contributed by atoms with Gasteiger partial charge in [-0.1, -0.05) is 6.07 Å². The second-order valence-corrected chi connectivity index (χ2v) is 7.74. The van der Waals surface area contributed by atoms with E-state index in [-0.39, 0.29) is 17.0 Å². The summed E-state index contributed by atoms with van der Waals surface area (Å²) in [4.78, 5) is 19.5. The number of nitrogens with one attached hydrogen (secondary N) is 2. The molecule has 0 saturated heterocycles. The molecule has 13 heteroatoms. The Balaban J connectivity index is 1.69. The Bertz CT molecular complexity index is 1120. The maximum atomic E-state index is 12.5. The summed E-state index contributed by atoms with van der Waals surface area (Å²) in [6.07, 6.45) is -0.282. The molecule has 0 bridgehead atoms. The van der Waals surface area contributed by atoms with Crippen LogP contribution in [0, 0.1) is 0 Å². The summed E-state index contributed by atoms with van der Waals surface area (Å²) in [6, 6.07) is 7.83. The van der Waals surface area contributed by atoms with Gasteiger partial charge in [-0.2, -0.15) is 18.3 Å². The summed E-state index contributed by atoms with van der Waals surface area (Å²) < 4.78 is 65.4. The van der Waals surface area contributed by atoms with Crippen molar-refractivity contribution in [3.8, 4) is 5.82 Å². The molecule has 1 aromatic carbocycles. The number of halogens is 3. The van der Waals surface area contributed by atoms with Gasteiger partial charge in [0, 0.05) is 23.9 Å². The van der Waals surface area contributed by atoms with Gasteiger partial charge in [0.15, 0.2) is 5.82 Å². The van der Waals surface area contributed by atoms with Gasteiger partial charge >= 0.3 is 6.18 Å². The third-order valence-electron chi connectivity index (χ3n) is 3.83. The van der Waals surface area contributed by atoms with E-state index in [9.17, 15) is 26.4 Å². The molecule has 1 amide bonds. The quantitative estimate of drug-likeness (QED) is 0.574. The smallest absolute Gasteiger partial charge is 0.343 e. The van der Waals surface area contributed by atoms with Crippen LogP contribution in [0.1, 0.15) is 15.9 Å². The average Bonchev–Trinajstić information content (AvgIpc) is 3.25. The van der Waals surface area contributed by atoms with E-state index in [1.54, 1.807) is 17.4 Å². The fourth-order valence-electron chi connectivity index (χ4n) is 2.42. The number of alkyl halides is 3. The monoisotopic (exact) mass is 440 g/mol. The van der Waals surface area contributed by atoms with E-state index < -0.39 is 28.7 Å². The molecular weight excluding hydrogens is 425 g/mol. The number of nitrogens with zero attached hydrogens (tertiary/aromatic N) is 4. The lowest BCUT2D eigenvalue weighted by Crippen LogP contribution is -2.33. The summed E-state index contributed by atoms with van der Waals surface area (Å²) in [5.41, 5.74) is 0.439. The lowest BCUT2D eigenvalue weighted by atomic mass is 10.2. The van der Waals surface area contributed by atoms with Crippen molar-refractivity contribution in [1.29, 1.82) is 0 Å². The van der Waals surface area contributed by atoms with Crippen LogP contribution in [0.15, 0.2) is 60.1 Å². The highest BCUT2D eigenvalue weighted by Gasteiger charge is 2.28. The van der Waals surface area contributed by atoms with Crippen LogP contribution in [-0.4, -0.2) is 46.8 Å². The van der Waals surface area contributed by atoms with Gasteiger partial charge in [-0.15, -0.1) is 0 Å². The summed E-state index contributed by atoms with van der Waals surface area (Å²) in [5, 5.41) is 5.68. The van der Waals surface area contributed by atoms with Crippen molar-refractivity contribution >= 4 is 15.9 Å². The zero-order chi connectivity index (χ0) is 21.8. The SMILES string of the molecule is O=C(NCC(F)(F)F)c1ccc(S(=O)(=O)NCc2cccnc2-n2cncn2)cc1. The van der Waals surface area contributed by atoms with Gasteiger partial charge in [0.2, 0.25) is 10.0 Å². The van der Waals surface area contributed by atoms with Gasteiger partial charge in [0.1, 0.15) is 19.2 Å². The fraction of sp³-hybridized carbons (Fsp3) is 0.176. The van der Waals surface area contributed by atoms with Crippen molar-refractivity contribution in [2.24, 2.45) is 0 Å². The Morgan fingerprint density at radius 1 is 1.13 bits per heavy atom. The Kier molecular flexibility index (Phi) is 6.12. The Morgan fingerprint density at radius 3 is 2.50 bits per heavy atom. The maximum absolute atomic E-state index is 12.5. The predicted octanol–water partition coefficient (Wildman–Crippen LogP) is 1.43. The molecule has 9 nitrogen and oxygen atoms in total. The number of amides is 1. The molecule has 0 radical (unpaired) electrons. The summed E-state index contributed by atoms with van der Waals surface area (Å²) in [7, 11) is -3.96. The third-order valence-corrected chi connectivity index (χ3v) is 5.25. The van der Waals surface area contributed by atoms with E-state index in [1.165, 1.54) is 23.5 Å². The number of sulfonamides is 1. The zero-order valence-corrected chi connectivity index (χ0v) is 16.0. The van der Waals surface area contributed by atoms with E-state index in [0.29, 0.717) is 11.4 Å². The van der Waals surface area contributed by atoms with E-state index in [4.69, 9.17) is 0 Å². The molecule has 0 fully saturated rings. The largest absolute Gasteiger partial charge is 0.405 e. The van der Waals surface area contributed by atoms with Crippen molar-refractivity contribution < 1.29 is 26.4 Å². The van der Waals surface area contributed by atoms with E-state index in [2.05, 4.69) is 19.8 Å². The van der Waals surface area contributed by atoms with Gasteiger partial charge in [-0.05, 0) is 30.3 Å². The molecule has 2 heterocycles. The lowest BCUT2D eigenvalue weighted by Gasteiger charge is -2.11. The van der Waals surface area contributed by atoms with Crippen LogP contribution in [0.5, 0.6) is 0 Å². The number of pyridine rings is 1. The molecular formula is C17H15F3N6O3S. The lowest BCUT2D eigenvalue weighted by molar-refractivity contribution is -0.123. The van der Waals surface area contributed by atoms with Gasteiger partial charge in [0.05, 0.1) is 4.90 Å². The molecule has 0 atom stereocenters. The van der Waals surface area contributed by atoms with Crippen LogP contribution in [0.25, 0.3) is 5.82 Å². The first-order valence-electron chi connectivity index (χ1n) is 8.39. The molecule has 0 saturated carbocycles. The third kappa shape index (κ3) is 5.39. The minimum atomic E-state index is -4.54. The van der Waals surface area contributed by atoms with Crippen molar-refractivity contribution in [3.63, 3.8) is 0 Å². The number of carbonyl (C=O) groups excluding carboxylic acids is 1. The number of benzene rings is 1. The predicted molar refractivity (Wildman–Crippen MR) is 98.0 cm³/mol. The fourth-order valence-corrected chi connectivity index (χ4v) is 3.42. The van der Waals surface area contributed by atoms with Crippen molar-refractivity contribution in [2.45, 2.75) is 17.6 Å². The average molecular weight is 440 g/mol. The number of hydrogen-bond donors (Lipinski definition) is 2. The first-order chi connectivity index (χ1) is 14.2. The van der Waals surface area contributed by atoms with Crippen LogP contribution in [0.3, 0.4) is 0 Å². The Hall–Kier alpha value is -3.32. The number of aromatic nitrogens is 4. The minimum absolute atomic E-state index is 0.0980. The second-order valence-electron chi connectivity index (χ2n) is 5.97. The molecule has 0 unspecified atom stereocenters. The second kappa shape index (κ2) is 8.59. The molecule has 30 heavy (non-hydrogen) atoms. The molecule has 2 N–H and O–H groups in total. The van der Waals surface area contributed by atoms with E-state index in [1.807, 2.05) is 0 Å². The first kappa shape index (κ1) is 21.4. The molecule has 3 aromatic rings. The molecule has 0 aliphatic rings. The van der Waals surface area contributed by atoms with Crippen LogP contribution >= 0.6 is 0 Å². The first-order valence-corrected chi connectivity index (χ1v) is 9.87. The zero-order valence-electron chi connectivity index (χ0n) is 15.2. The van der Waals surface area contributed by atoms with E-state index >= 15 is 0 Å². The molecule has 2 aromatic heterocycles. The van der Waals surface area contributed by atoms with Gasteiger partial charge < -0.3 is 5.32 Å². The van der Waals surface area contributed by atoms with Crippen LogP contribution in [-0.2, 0) is 16.6 Å². The van der Waals surface area contributed by atoms with Crippen LogP contribution in [0.2, 0.25) is 0 Å². The summed E-state index contributed by atoms with van der Waals surface area (Å²) >= 11 is 0. The van der Waals surface area contributed by atoms with Crippen molar-refractivity contribution in [1.82, 2.24) is 29.8 Å². The molecule has 0 aliphatic heterocycles. The standard InChI is InChI=1S/C17H15F3N6O3S/c18-17(19,20)9-23-16(27)12-3-5-14(6-4-12)30(28,29)25-8-13-2-1-7-22-15(13)26-11-21-10-24-26/h1-7,10-11,25H,8-9H2,(H,23,27). The summed E-state index contributed by atoms with van der Waals surface area (Å²) in [6.45, 7) is -1.58.